The van der Waals surface area contributed by atoms with Crippen molar-refractivity contribution in [2.24, 2.45) is 11.8 Å². The van der Waals surface area contributed by atoms with Gasteiger partial charge in [0.15, 0.2) is 5.13 Å². The minimum absolute atomic E-state index is 0.0343. The summed E-state index contributed by atoms with van der Waals surface area (Å²) in [6.07, 6.45) is 4.73. The number of ether oxygens (including phenoxy) is 1. The minimum Gasteiger partial charge on any atom is -0.496 e. The van der Waals surface area contributed by atoms with Crippen molar-refractivity contribution in [2.75, 3.05) is 12.4 Å². The van der Waals surface area contributed by atoms with Crippen LogP contribution in [0.1, 0.15) is 35.6 Å². The summed E-state index contributed by atoms with van der Waals surface area (Å²) in [7, 11) is 1.72. The molecule has 1 aromatic heterocycles. The number of hydrogen-bond acceptors (Lipinski definition) is 4. The van der Waals surface area contributed by atoms with Gasteiger partial charge in [-0.3, -0.25) is 4.79 Å². The number of aromatic nitrogens is 1. The van der Waals surface area contributed by atoms with Crippen LogP contribution in [-0.4, -0.2) is 18.0 Å². The molecule has 1 aromatic carbocycles. The van der Waals surface area contributed by atoms with Crippen LogP contribution >= 0.6 is 11.3 Å². The summed E-state index contributed by atoms with van der Waals surface area (Å²) in [6.45, 7) is 6.31. The van der Waals surface area contributed by atoms with Gasteiger partial charge in [0.2, 0.25) is 5.91 Å². The molecule has 0 spiro atoms. The maximum atomic E-state index is 12.5. The number of anilines is 1. The highest BCUT2D eigenvalue weighted by Crippen LogP contribution is 2.37. The third kappa shape index (κ3) is 3.18. The highest BCUT2D eigenvalue weighted by Gasteiger charge is 2.30. The van der Waals surface area contributed by atoms with Crippen molar-refractivity contribution in [3.8, 4) is 5.75 Å². The average molecular weight is 344 g/mol. The first-order valence-electron chi connectivity index (χ1n) is 8.37. The largest absolute Gasteiger partial charge is 0.496 e. The van der Waals surface area contributed by atoms with Gasteiger partial charge in [0.25, 0.3) is 0 Å². The number of amides is 1. The van der Waals surface area contributed by atoms with E-state index in [1.807, 2.05) is 12.3 Å². The fraction of sp³-hybridized carbons (Fsp3) is 0.474. The van der Waals surface area contributed by atoms with Crippen LogP contribution in [0.2, 0.25) is 0 Å². The van der Waals surface area contributed by atoms with Crippen molar-refractivity contribution in [2.45, 2.75) is 40.0 Å². The van der Waals surface area contributed by atoms with E-state index in [2.05, 4.69) is 30.2 Å². The van der Waals surface area contributed by atoms with Crippen LogP contribution in [0.25, 0.3) is 0 Å². The number of nitrogens with one attached hydrogen (secondary N) is 1. The van der Waals surface area contributed by atoms with Crippen LogP contribution < -0.4 is 10.1 Å². The zero-order valence-corrected chi connectivity index (χ0v) is 15.5. The summed E-state index contributed by atoms with van der Waals surface area (Å²) in [5.41, 5.74) is 5.33. The number of benzene rings is 1. The highest BCUT2D eigenvalue weighted by molar-refractivity contribution is 7.13. The Morgan fingerprint density at radius 3 is 2.88 bits per heavy atom. The Balaban J connectivity index is 1.79. The lowest BCUT2D eigenvalue weighted by Crippen LogP contribution is -2.31. The summed E-state index contributed by atoms with van der Waals surface area (Å²) >= 11 is 1.45. The Morgan fingerprint density at radius 1 is 1.42 bits per heavy atom. The summed E-state index contributed by atoms with van der Waals surface area (Å²) in [5.74, 6) is 1.33. The zero-order chi connectivity index (χ0) is 17.3. The Hall–Kier alpha value is -1.88. The second kappa shape index (κ2) is 6.93. The number of hydrogen-bond donors (Lipinski definition) is 1. The number of thiazole rings is 1. The first-order valence-corrected chi connectivity index (χ1v) is 9.25. The van der Waals surface area contributed by atoms with Crippen molar-refractivity contribution < 1.29 is 9.53 Å². The first kappa shape index (κ1) is 17.0. The van der Waals surface area contributed by atoms with Crippen molar-refractivity contribution in [3.05, 3.63) is 39.9 Å². The van der Waals surface area contributed by atoms with Gasteiger partial charge in [0, 0.05) is 17.5 Å². The molecule has 24 heavy (non-hydrogen) atoms. The van der Waals surface area contributed by atoms with E-state index in [1.165, 1.54) is 33.6 Å². The summed E-state index contributed by atoms with van der Waals surface area (Å²) in [6, 6.07) is 2.13. The lowest BCUT2D eigenvalue weighted by atomic mass is 9.75. The van der Waals surface area contributed by atoms with Crippen LogP contribution in [0.4, 0.5) is 5.13 Å². The second-order valence-corrected chi connectivity index (χ2v) is 7.49. The van der Waals surface area contributed by atoms with Gasteiger partial charge in [-0.25, -0.2) is 4.98 Å². The lowest BCUT2D eigenvalue weighted by molar-refractivity contribution is -0.121. The van der Waals surface area contributed by atoms with E-state index >= 15 is 0 Å². The predicted octanol–water partition coefficient (Wildman–Crippen LogP) is 4.15. The van der Waals surface area contributed by atoms with E-state index in [0.29, 0.717) is 11.0 Å². The molecule has 2 aromatic rings. The predicted molar refractivity (Wildman–Crippen MR) is 97.9 cm³/mol. The lowest BCUT2D eigenvalue weighted by Gasteiger charge is -2.31. The third-order valence-corrected chi connectivity index (χ3v) is 5.93. The van der Waals surface area contributed by atoms with E-state index in [9.17, 15) is 4.79 Å². The monoisotopic (exact) mass is 344 g/mol. The number of fused-ring (bicyclic) bond motifs is 1. The fourth-order valence-electron chi connectivity index (χ4n) is 3.68. The van der Waals surface area contributed by atoms with Gasteiger partial charge in [0.1, 0.15) is 5.75 Å². The molecule has 5 heteroatoms. The minimum atomic E-state index is -0.0343. The molecular formula is C19H24N2O2S. The average Bonchev–Trinajstić information content (AvgIpc) is 3.09. The first-order chi connectivity index (χ1) is 11.5. The molecule has 0 fully saturated rings. The topological polar surface area (TPSA) is 51.2 Å². The molecule has 128 valence electrons. The van der Waals surface area contributed by atoms with Crippen molar-refractivity contribution >= 4 is 22.4 Å². The summed E-state index contributed by atoms with van der Waals surface area (Å²) < 4.78 is 5.52. The van der Waals surface area contributed by atoms with Crippen LogP contribution in [0.15, 0.2) is 17.6 Å². The molecule has 0 bridgehead atoms. The molecule has 0 saturated carbocycles. The smallest absolute Gasteiger partial charge is 0.229 e. The molecule has 0 aliphatic heterocycles. The van der Waals surface area contributed by atoms with Gasteiger partial charge in [-0.05, 0) is 67.3 Å². The number of aryl methyl sites for hydroxylation is 1. The van der Waals surface area contributed by atoms with Crippen molar-refractivity contribution in [3.63, 3.8) is 0 Å². The van der Waals surface area contributed by atoms with Gasteiger partial charge >= 0.3 is 0 Å². The van der Waals surface area contributed by atoms with Crippen LogP contribution in [0.5, 0.6) is 5.75 Å². The molecule has 0 saturated heterocycles. The maximum absolute atomic E-state index is 12.5. The number of carbonyl (C=O) groups excluding carboxylic acids is 1. The SMILES string of the molecule is COc1cc(C)c2c(c1C)C[C@H]([C@H](C)C(=O)Nc1nccs1)CC2. The normalized spacial score (nSPS) is 17.9. The van der Waals surface area contributed by atoms with Gasteiger partial charge in [-0.15, -0.1) is 11.3 Å². The number of methoxy groups -OCH3 is 1. The summed E-state index contributed by atoms with van der Waals surface area (Å²) in [5, 5.41) is 5.48. The van der Waals surface area contributed by atoms with E-state index in [-0.39, 0.29) is 11.8 Å². The molecule has 1 N–H and O–H groups in total. The van der Waals surface area contributed by atoms with Gasteiger partial charge in [0.05, 0.1) is 7.11 Å². The van der Waals surface area contributed by atoms with Gasteiger partial charge in [-0.2, -0.15) is 0 Å². The Morgan fingerprint density at radius 2 is 2.21 bits per heavy atom. The van der Waals surface area contributed by atoms with Crippen molar-refractivity contribution in [1.82, 2.24) is 4.98 Å². The Labute approximate surface area is 147 Å². The van der Waals surface area contributed by atoms with E-state index in [1.54, 1.807) is 13.3 Å². The molecule has 2 atom stereocenters. The maximum Gasteiger partial charge on any atom is 0.229 e. The molecule has 1 aliphatic rings. The zero-order valence-electron chi connectivity index (χ0n) is 14.7. The third-order valence-electron chi connectivity index (χ3n) is 5.24. The number of carbonyl (C=O) groups is 1. The summed E-state index contributed by atoms with van der Waals surface area (Å²) in [4.78, 5) is 16.7. The second-order valence-electron chi connectivity index (χ2n) is 6.60. The quantitative estimate of drug-likeness (QED) is 0.906. The van der Waals surface area contributed by atoms with E-state index in [0.717, 1.165) is 25.0 Å². The van der Waals surface area contributed by atoms with E-state index in [4.69, 9.17) is 4.74 Å². The Bertz CT molecular complexity index is 740. The highest BCUT2D eigenvalue weighted by atomic mass is 32.1. The fourth-order valence-corrected chi connectivity index (χ4v) is 4.21. The standard InChI is InChI=1S/C19H24N2O2S/c1-11-9-17(23-4)13(3)16-10-14(5-6-15(11)16)12(2)18(22)21-19-20-7-8-24-19/h7-9,12,14H,5-6,10H2,1-4H3,(H,20,21,22)/t12-,14+/m0/s1. The molecule has 1 heterocycles. The molecule has 3 rings (SSSR count). The number of nitrogens with zero attached hydrogens (tertiary/aromatic N) is 1. The molecule has 1 amide bonds. The molecular weight excluding hydrogens is 320 g/mol. The molecule has 1 aliphatic carbocycles. The van der Waals surface area contributed by atoms with Crippen molar-refractivity contribution in [1.29, 1.82) is 0 Å². The molecule has 0 radical (unpaired) electrons. The van der Waals surface area contributed by atoms with E-state index < -0.39 is 0 Å². The van der Waals surface area contributed by atoms with Crippen LogP contribution in [0.3, 0.4) is 0 Å². The molecule has 0 unspecified atom stereocenters. The Kier molecular flexibility index (Phi) is 4.90. The van der Waals surface area contributed by atoms with Crippen LogP contribution in [-0.2, 0) is 17.6 Å². The van der Waals surface area contributed by atoms with Crippen LogP contribution in [0, 0.1) is 25.7 Å². The van der Waals surface area contributed by atoms with Gasteiger partial charge in [-0.1, -0.05) is 6.92 Å². The van der Waals surface area contributed by atoms with Gasteiger partial charge < -0.3 is 10.1 Å². The number of rotatable bonds is 4. The molecule has 4 nitrogen and oxygen atoms in total.